The van der Waals surface area contributed by atoms with E-state index in [1.165, 1.54) is 6.07 Å². The van der Waals surface area contributed by atoms with Crippen molar-refractivity contribution in [3.8, 4) is 0 Å². The number of rotatable bonds is 6. The van der Waals surface area contributed by atoms with Crippen LogP contribution in [0.4, 0.5) is 4.79 Å². The molecule has 0 saturated heterocycles. The summed E-state index contributed by atoms with van der Waals surface area (Å²) < 4.78 is 1.64. The minimum Gasteiger partial charge on any atom is -0.481 e. The molecule has 0 spiro atoms. The Morgan fingerprint density at radius 2 is 1.68 bits per heavy atom. The highest BCUT2D eigenvalue weighted by Gasteiger charge is 2.26. The van der Waals surface area contributed by atoms with Gasteiger partial charge in [-0.25, -0.2) is 4.79 Å². The molecule has 1 fully saturated rings. The molecular formula is C21H25N3O4. The number of hydrogen-bond acceptors (Lipinski definition) is 3. The third-order valence-electron chi connectivity index (χ3n) is 5.14. The van der Waals surface area contributed by atoms with Gasteiger partial charge in [0.2, 0.25) is 0 Å². The van der Waals surface area contributed by atoms with Crippen LogP contribution in [-0.4, -0.2) is 27.7 Å². The number of urea groups is 1. The first-order chi connectivity index (χ1) is 13.5. The zero-order valence-electron chi connectivity index (χ0n) is 15.6. The van der Waals surface area contributed by atoms with Crippen LogP contribution in [0.25, 0.3) is 0 Å². The number of aromatic nitrogens is 1. The number of amides is 2. The van der Waals surface area contributed by atoms with Crippen molar-refractivity contribution in [2.45, 2.75) is 44.8 Å². The summed E-state index contributed by atoms with van der Waals surface area (Å²) in [6.45, 7) is 0.911. The molecule has 7 heteroatoms. The van der Waals surface area contributed by atoms with Gasteiger partial charge in [-0.3, -0.25) is 9.59 Å². The predicted molar refractivity (Wildman–Crippen MR) is 105 cm³/mol. The van der Waals surface area contributed by atoms with E-state index in [1.807, 2.05) is 30.3 Å². The lowest BCUT2D eigenvalue weighted by Gasteiger charge is -2.26. The van der Waals surface area contributed by atoms with Crippen LogP contribution in [-0.2, 0) is 17.9 Å². The number of pyridine rings is 1. The van der Waals surface area contributed by atoms with Gasteiger partial charge in [-0.05, 0) is 42.9 Å². The van der Waals surface area contributed by atoms with Gasteiger partial charge in [0.05, 0.1) is 12.5 Å². The minimum absolute atomic E-state index is 0.0298. The largest absolute Gasteiger partial charge is 0.481 e. The molecule has 2 aromatic rings. The maximum absolute atomic E-state index is 12.1. The lowest BCUT2D eigenvalue weighted by atomic mass is 9.86. The topological polar surface area (TPSA) is 100 Å². The molecule has 1 aliphatic rings. The molecule has 0 atom stereocenters. The van der Waals surface area contributed by atoms with Crippen LogP contribution in [0.15, 0.2) is 53.5 Å². The molecule has 0 aliphatic heterocycles. The number of carboxylic acid groups (broad SMARTS) is 1. The number of carboxylic acids is 1. The highest BCUT2D eigenvalue weighted by molar-refractivity contribution is 5.74. The standard InChI is InChI=1S/C21H25N3O4/c25-19-3-1-2-12-24(19)14-16-6-4-15(5-7-16)13-22-21(28)23-18-10-8-17(9-11-18)20(26)27/h1-7,12,17-18H,8-11,13-14H2,(H,26,27)(H2,22,23,28). The van der Waals surface area contributed by atoms with E-state index in [4.69, 9.17) is 5.11 Å². The molecular weight excluding hydrogens is 358 g/mol. The van der Waals surface area contributed by atoms with Gasteiger partial charge in [-0.2, -0.15) is 0 Å². The first-order valence-electron chi connectivity index (χ1n) is 9.52. The molecule has 148 valence electrons. The summed E-state index contributed by atoms with van der Waals surface area (Å²) in [4.78, 5) is 34.8. The molecule has 1 saturated carbocycles. The number of carbonyl (C=O) groups is 2. The summed E-state index contributed by atoms with van der Waals surface area (Å²) >= 11 is 0. The summed E-state index contributed by atoms with van der Waals surface area (Å²) in [5.41, 5.74) is 1.94. The average molecular weight is 383 g/mol. The van der Waals surface area contributed by atoms with Crippen LogP contribution >= 0.6 is 0 Å². The zero-order valence-corrected chi connectivity index (χ0v) is 15.6. The molecule has 1 heterocycles. The summed E-state index contributed by atoms with van der Waals surface area (Å²) in [7, 11) is 0. The predicted octanol–water partition coefficient (Wildman–Crippen LogP) is 2.34. The highest BCUT2D eigenvalue weighted by atomic mass is 16.4. The van der Waals surface area contributed by atoms with Crippen molar-refractivity contribution in [1.29, 1.82) is 0 Å². The fraction of sp³-hybridized carbons (Fsp3) is 0.381. The van der Waals surface area contributed by atoms with Crippen LogP contribution in [0.3, 0.4) is 0 Å². The number of nitrogens with zero attached hydrogens (tertiary/aromatic N) is 1. The number of hydrogen-bond donors (Lipinski definition) is 3. The lowest BCUT2D eigenvalue weighted by Crippen LogP contribution is -2.43. The van der Waals surface area contributed by atoms with Gasteiger partial charge in [0, 0.05) is 24.8 Å². The zero-order chi connectivity index (χ0) is 19.9. The number of carbonyl (C=O) groups excluding carboxylic acids is 1. The van der Waals surface area contributed by atoms with Crippen LogP contribution < -0.4 is 16.2 Å². The number of benzene rings is 1. The van der Waals surface area contributed by atoms with Gasteiger partial charge in [0.15, 0.2) is 0 Å². The van der Waals surface area contributed by atoms with Gasteiger partial charge in [0.25, 0.3) is 5.56 Å². The van der Waals surface area contributed by atoms with Gasteiger partial charge < -0.3 is 20.3 Å². The van der Waals surface area contributed by atoms with Crippen LogP contribution in [0.1, 0.15) is 36.8 Å². The molecule has 3 rings (SSSR count). The van der Waals surface area contributed by atoms with Crippen molar-refractivity contribution in [3.63, 3.8) is 0 Å². The molecule has 3 N–H and O–H groups in total. The van der Waals surface area contributed by atoms with E-state index in [0.717, 1.165) is 11.1 Å². The minimum atomic E-state index is -0.747. The third kappa shape index (κ3) is 5.45. The van der Waals surface area contributed by atoms with Crippen LogP contribution in [0, 0.1) is 5.92 Å². The maximum Gasteiger partial charge on any atom is 0.315 e. The van der Waals surface area contributed by atoms with E-state index >= 15 is 0 Å². The fourth-order valence-electron chi connectivity index (χ4n) is 3.45. The second-order valence-corrected chi connectivity index (χ2v) is 7.20. The first kappa shape index (κ1) is 19.7. The molecule has 1 aromatic carbocycles. The molecule has 1 aliphatic carbocycles. The van der Waals surface area contributed by atoms with Crippen molar-refractivity contribution in [2.75, 3.05) is 0 Å². The average Bonchev–Trinajstić information content (AvgIpc) is 2.69. The summed E-state index contributed by atoms with van der Waals surface area (Å²) in [6.07, 6.45) is 4.35. The smallest absolute Gasteiger partial charge is 0.315 e. The van der Waals surface area contributed by atoms with Crippen molar-refractivity contribution >= 4 is 12.0 Å². The monoisotopic (exact) mass is 383 g/mol. The van der Waals surface area contributed by atoms with E-state index in [2.05, 4.69) is 10.6 Å². The van der Waals surface area contributed by atoms with E-state index in [0.29, 0.717) is 38.8 Å². The second-order valence-electron chi connectivity index (χ2n) is 7.20. The Hall–Kier alpha value is -3.09. The number of aliphatic carboxylic acids is 1. The van der Waals surface area contributed by atoms with E-state index in [-0.39, 0.29) is 23.6 Å². The summed E-state index contributed by atoms with van der Waals surface area (Å²) in [5.74, 6) is -1.03. The molecule has 7 nitrogen and oxygen atoms in total. The lowest BCUT2D eigenvalue weighted by molar-refractivity contribution is -0.142. The molecule has 0 radical (unpaired) electrons. The molecule has 0 unspecified atom stereocenters. The Labute approximate surface area is 163 Å². The van der Waals surface area contributed by atoms with Gasteiger partial charge in [-0.1, -0.05) is 30.3 Å². The molecule has 2 amide bonds. The SMILES string of the molecule is O=C(NCc1ccc(Cn2ccccc2=O)cc1)NC1CCC(C(=O)O)CC1. The Balaban J connectivity index is 1.43. The van der Waals surface area contributed by atoms with Crippen molar-refractivity contribution in [3.05, 3.63) is 70.1 Å². The fourth-order valence-corrected chi connectivity index (χ4v) is 3.45. The maximum atomic E-state index is 12.1. The summed E-state index contributed by atoms with van der Waals surface area (Å²) in [5, 5.41) is 14.8. The Morgan fingerprint density at radius 1 is 1.00 bits per heavy atom. The first-order valence-corrected chi connectivity index (χ1v) is 9.52. The van der Waals surface area contributed by atoms with Crippen molar-refractivity contribution in [1.82, 2.24) is 15.2 Å². The van der Waals surface area contributed by atoms with Crippen LogP contribution in [0.2, 0.25) is 0 Å². The Kier molecular flexibility index (Phi) is 6.47. The van der Waals surface area contributed by atoms with Crippen molar-refractivity contribution in [2.24, 2.45) is 5.92 Å². The molecule has 1 aromatic heterocycles. The third-order valence-corrected chi connectivity index (χ3v) is 5.14. The summed E-state index contributed by atoms with van der Waals surface area (Å²) in [6, 6.07) is 12.6. The quantitative estimate of drug-likeness (QED) is 0.713. The van der Waals surface area contributed by atoms with Crippen molar-refractivity contribution < 1.29 is 14.7 Å². The van der Waals surface area contributed by atoms with E-state index in [1.54, 1.807) is 16.8 Å². The number of nitrogens with one attached hydrogen (secondary N) is 2. The van der Waals surface area contributed by atoms with Gasteiger partial charge in [0.1, 0.15) is 0 Å². The second kappa shape index (κ2) is 9.21. The van der Waals surface area contributed by atoms with Gasteiger partial charge >= 0.3 is 12.0 Å². The Bertz CT molecular complexity index is 868. The highest BCUT2D eigenvalue weighted by Crippen LogP contribution is 2.24. The normalized spacial score (nSPS) is 19.0. The Morgan fingerprint density at radius 3 is 2.32 bits per heavy atom. The molecule has 28 heavy (non-hydrogen) atoms. The molecule has 0 bridgehead atoms. The van der Waals surface area contributed by atoms with Crippen LogP contribution in [0.5, 0.6) is 0 Å². The van der Waals surface area contributed by atoms with Gasteiger partial charge in [-0.15, -0.1) is 0 Å². The van der Waals surface area contributed by atoms with E-state index < -0.39 is 5.97 Å². The van der Waals surface area contributed by atoms with E-state index in [9.17, 15) is 14.4 Å².